The third-order valence-electron chi connectivity index (χ3n) is 12.4. The maximum Gasteiger partial charge on any atom is 0.0864 e. The Morgan fingerprint density at radius 2 is 0.929 bits per heavy atom. The van der Waals surface area contributed by atoms with Gasteiger partial charge in [0.2, 0.25) is 0 Å². The third kappa shape index (κ3) is 5.18. The fourth-order valence-electron chi connectivity index (χ4n) is 9.91. The first-order valence-corrected chi connectivity index (χ1v) is 19.8. The van der Waals surface area contributed by atoms with Gasteiger partial charge in [0.05, 0.1) is 30.0 Å². The van der Waals surface area contributed by atoms with Gasteiger partial charge >= 0.3 is 0 Å². The molecule has 3 N–H and O–H groups in total. The molecule has 0 radical (unpaired) electrons. The molecule has 2 heterocycles. The van der Waals surface area contributed by atoms with Crippen molar-refractivity contribution in [3.63, 3.8) is 0 Å². The lowest BCUT2D eigenvalue weighted by atomic mass is 9.67. The fraction of sp³-hybridized carbons (Fsp3) is 0.115. The molecule has 4 unspecified atom stereocenters. The van der Waals surface area contributed by atoms with Crippen molar-refractivity contribution < 1.29 is 0 Å². The monoisotopic (exact) mass is 722 g/mol. The quantitative estimate of drug-likeness (QED) is 0.160. The van der Waals surface area contributed by atoms with E-state index in [1.165, 1.54) is 67.0 Å². The highest BCUT2D eigenvalue weighted by Crippen LogP contribution is 2.60. The van der Waals surface area contributed by atoms with Gasteiger partial charge in [-0.2, -0.15) is 0 Å². The van der Waals surface area contributed by atoms with Crippen LogP contribution < -0.4 is 20.9 Å². The second kappa shape index (κ2) is 13.5. The molecule has 56 heavy (non-hydrogen) atoms. The van der Waals surface area contributed by atoms with Crippen molar-refractivity contribution >= 4 is 11.4 Å². The minimum absolute atomic E-state index is 0.0153. The third-order valence-corrected chi connectivity index (χ3v) is 12.4. The molecule has 7 aromatic carbocycles. The number of allylic oxidation sites excluding steroid dienone is 2. The van der Waals surface area contributed by atoms with Gasteiger partial charge < -0.3 is 4.90 Å². The van der Waals surface area contributed by atoms with Gasteiger partial charge in [0, 0.05) is 17.3 Å². The zero-order chi connectivity index (χ0) is 37.1. The van der Waals surface area contributed by atoms with Gasteiger partial charge in [0.25, 0.3) is 0 Å². The molecular formula is C52H42N4. The van der Waals surface area contributed by atoms with Crippen molar-refractivity contribution in [3.05, 3.63) is 251 Å². The van der Waals surface area contributed by atoms with E-state index < -0.39 is 5.41 Å². The minimum atomic E-state index is -0.449. The first-order valence-electron chi connectivity index (χ1n) is 19.8. The summed E-state index contributed by atoms with van der Waals surface area (Å²) in [7, 11) is 0. The van der Waals surface area contributed by atoms with Crippen molar-refractivity contribution in [1.29, 1.82) is 0 Å². The Bertz CT molecular complexity index is 2500. The molecule has 0 aromatic heterocycles. The van der Waals surface area contributed by atoms with Gasteiger partial charge in [-0.1, -0.05) is 182 Å². The van der Waals surface area contributed by atoms with Crippen LogP contribution in [0.4, 0.5) is 11.4 Å². The largest absolute Gasteiger partial charge is 0.333 e. The van der Waals surface area contributed by atoms with Gasteiger partial charge in [0.15, 0.2) is 0 Å². The van der Waals surface area contributed by atoms with Crippen LogP contribution in [0.5, 0.6) is 0 Å². The molecule has 11 rings (SSSR count). The summed E-state index contributed by atoms with van der Waals surface area (Å²) in [4.78, 5) is 2.58. The van der Waals surface area contributed by atoms with Crippen LogP contribution in [-0.4, -0.2) is 6.04 Å². The van der Waals surface area contributed by atoms with Crippen molar-refractivity contribution in [3.8, 4) is 11.1 Å². The van der Waals surface area contributed by atoms with Gasteiger partial charge in [-0.3, -0.25) is 16.0 Å². The zero-order valence-electron chi connectivity index (χ0n) is 31.0. The summed E-state index contributed by atoms with van der Waals surface area (Å²) in [5.41, 5.74) is 14.9. The van der Waals surface area contributed by atoms with Crippen LogP contribution in [0.3, 0.4) is 0 Å². The van der Waals surface area contributed by atoms with Crippen molar-refractivity contribution in [1.82, 2.24) is 16.0 Å². The highest BCUT2D eigenvalue weighted by atomic mass is 15.4. The fourth-order valence-corrected chi connectivity index (χ4v) is 9.91. The van der Waals surface area contributed by atoms with E-state index in [-0.39, 0.29) is 30.5 Å². The first-order chi connectivity index (χ1) is 27.8. The Morgan fingerprint density at radius 1 is 0.429 bits per heavy atom. The number of hydrogen-bond donors (Lipinski definition) is 3. The molecule has 1 saturated heterocycles. The van der Waals surface area contributed by atoms with Gasteiger partial charge in [0.1, 0.15) is 0 Å². The molecule has 4 nitrogen and oxygen atoms in total. The minimum Gasteiger partial charge on any atom is -0.333 e. The number of nitrogens with zero attached hydrogens (tertiary/aromatic N) is 1. The topological polar surface area (TPSA) is 39.3 Å². The number of fused-ring (bicyclic) bond motifs is 6. The molecule has 0 bridgehead atoms. The average Bonchev–Trinajstić information content (AvgIpc) is 3.76. The van der Waals surface area contributed by atoms with Gasteiger partial charge in [-0.05, 0) is 79.9 Å². The van der Waals surface area contributed by atoms with Crippen molar-refractivity contribution in [2.75, 3.05) is 4.90 Å². The number of anilines is 2. The molecule has 1 fully saturated rings. The van der Waals surface area contributed by atoms with E-state index in [1.54, 1.807) is 0 Å². The van der Waals surface area contributed by atoms with Crippen LogP contribution in [0, 0.1) is 0 Å². The van der Waals surface area contributed by atoms with E-state index in [2.05, 4.69) is 227 Å². The zero-order valence-corrected chi connectivity index (χ0v) is 31.0. The van der Waals surface area contributed by atoms with Crippen LogP contribution in [-0.2, 0) is 5.41 Å². The summed E-state index contributed by atoms with van der Waals surface area (Å²) in [5.74, 6) is 0.251. The molecule has 2 aliphatic carbocycles. The Labute approximate surface area is 328 Å². The summed E-state index contributed by atoms with van der Waals surface area (Å²) in [6.07, 6.45) is 9.12. The Balaban J connectivity index is 1.02. The predicted octanol–water partition coefficient (Wildman–Crippen LogP) is 11.0. The van der Waals surface area contributed by atoms with Crippen molar-refractivity contribution in [2.45, 2.75) is 35.9 Å². The number of nitrogens with one attached hydrogen (secondary N) is 3. The molecule has 4 atom stereocenters. The molecule has 0 amide bonds. The Morgan fingerprint density at radius 3 is 1.52 bits per heavy atom. The molecule has 0 spiro atoms. The molecular weight excluding hydrogens is 681 g/mol. The second-order valence-corrected chi connectivity index (χ2v) is 15.4. The molecule has 2 aliphatic heterocycles. The van der Waals surface area contributed by atoms with Crippen LogP contribution >= 0.6 is 0 Å². The second-order valence-electron chi connectivity index (χ2n) is 15.4. The van der Waals surface area contributed by atoms with Gasteiger partial charge in [-0.15, -0.1) is 0 Å². The lowest BCUT2D eigenvalue weighted by Gasteiger charge is -2.39. The van der Waals surface area contributed by atoms with Crippen LogP contribution in [0.25, 0.3) is 11.1 Å². The molecule has 4 heteroatoms. The summed E-state index contributed by atoms with van der Waals surface area (Å²) in [6.45, 7) is 0. The highest BCUT2D eigenvalue weighted by Gasteiger charge is 2.48. The van der Waals surface area contributed by atoms with E-state index in [0.717, 1.165) is 0 Å². The van der Waals surface area contributed by atoms with E-state index in [9.17, 15) is 0 Å². The highest BCUT2D eigenvalue weighted by molar-refractivity contribution is 5.91. The molecule has 0 saturated carbocycles. The molecule has 4 aliphatic rings. The van der Waals surface area contributed by atoms with E-state index >= 15 is 0 Å². The van der Waals surface area contributed by atoms with Gasteiger partial charge in [-0.25, -0.2) is 0 Å². The maximum atomic E-state index is 3.86. The lowest BCUT2D eigenvalue weighted by molar-refractivity contribution is 0.203. The number of rotatable bonds is 6. The van der Waals surface area contributed by atoms with Crippen LogP contribution in [0.15, 0.2) is 206 Å². The summed E-state index contributed by atoms with van der Waals surface area (Å²) >= 11 is 0. The Kier molecular flexibility index (Phi) is 7.95. The first kappa shape index (κ1) is 33.1. The Hall–Kier alpha value is -6.30. The standard InChI is InChI=1S/C52H42N4/c1-5-17-35(18-6-1)49-53-50(36-19-7-2-8-20-36)55-51(54-49)37-29-31-40(32-30-37)56-47-28-16-14-26-42(47)44-33-43-41-25-13-15-27-45(41)52(46(43)34-48(44)56,38-21-9-3-10-22-38)39-23-11-4-12-24-39/h1-34,42,47,49-51,53-55H. The smallest absolute Gasteiger partial charge is 0.0864 e. The number of hydrogen-bond acceptors (Lipinski definition) is 4. The molecule has 7 aromatic rings. The lowest BCUT2D eigenvalue weighted by Crippen LogP contribution is -2.54. The summed E-state index contributed by atoms with van der Waals surface area (Å²) < 4.78 is 0. The number of benzene rings is 7. The van der Waals surface area contributed by atoms with Crippen LogP contribution in [0.1, 0.15) is 68.9 Å². The SMILES string of the molecule is C1=CC2c3cc4c(cc3N(c3ccc(C5NC(c6ccccc6)NC(c6ccccc6)N5)cc3)C2C=C1)C(c1ccccc1)(c1ccccc1)c1ccccc1-4. The normalized spacial score (nSPS) is 22.6. The maximum absolute atomic E-state index is 3.86. The van der Waals surface area contributed by atoms with E-state index in [1.807, 2.05) is 0 Å². The summed E-state index contributed by atoms with van der Waals surface area (Å²) in [5, 5.41) is 11.5. The summed E-state index contributed by atoms with van der Waals surface area (Å²) in [6, 6.07) is 67.0. The average molecular weight is 723 g/mol. The van der Waals surface area contributed by atoms with E-state index in [4.69, 9.17) is 0 Å². The molecule has 270 valence electrons. The van der Waals surface area contributed by atoms with Crippen molar-refractivity contribution in [2.24, 2.45) is 0 Å². The predicted molar refractivity (Wildman–Crippen MR) is 228 cm³/mol. The van der Waals surface area contributed by atoms with E-state index in [0.29, 0.717) is 0 Å². The van der Waals surface area contributed by atoms with Crippen LogP contribution in [0.2, 0.25) is 0 Å².